The zero-order valence-corrected chi connectivity index (χ0v) is 32.2. The maximum Gasteiger partial charge on any atom is 0.160 e. The minimum atomic E-state index is 0.704. The lowest BCUT2D eigenvalue weighted by atomic mass is 9.92. The van der Waals surface area contributed by atoms with Crippen LogP contribution in [0.15, 0.2) is 224 Å². The second-order valence-electron chi connectivity index (χ2n) is 15.0. The number of nitrogens with zero attached hydrogens (tertiary/aromatic N) is 3. The van der Waals surface area contributed by atoms with E-state index >= 15 is 0 Å². The fraction of sp³-hybridized carbons (Fsp3) is 0. The number of aromatic nitrogens is 3. The van der Waals surface area contributed by atoms with Crippen LogP contribution in [-0.4, -0.2) is 14.5 Å². The number of hydrogen-bond acceptors (Lipinski definition) is 2. The van der Waals surface area contributed by atoms with E-state index in [-0.39, 0.29) is 0 Å². The molecule has 0 aliphatic heterocycles. The highest BCUT2D eigenvalue weighted by molar-refractivity contribution is 6.12. The van der Waals surface area contributed by atoms with Gasteiger partial charge in [-0.2, -0.15) is 0 Å². The second kappa shape index (κ2) is 14.6. The van der Waals surface area contributed by atoms with Crippen molar-refractivity contribution in [2.75, 3.05) is 0 Å². The van der Waals surface area contributed by atoms with Crippen LogP contribution in [0.5, 0.6) is 0 Å². The lowest BCUT2D eigenvalue weighted by Gasteiger charge is -2.14. The highest BCUT2D eigenvalue weighted by Gasteiger charge is 2.17. The molecule has 0 aliphatic carbocycles. The summed E-state index contributed by atoms with van der Waals surface area (Å²) in [6.07, 6.45) is 0. The van der Waals surface area contributed by atoms with Gasteiger partial charge in [0.1, 0.15) is 0 Å². The first-order valence-electron chi connectivity index (χ1n) is 20.1. The van der Waals surface area contributed by atoms with Crippen molar-refractivity contribution in [1.82, 2.24) is 14.5 Å². The molecular formula is C56H37N3. The van der Waals surface area contributed by atoms with Crippen molar-refractivity contribution in [2.24, 2.45) is 0 Å². The van der Waals surface area contributed by atoms with E-state index < -0.39 is 0 Å². The van der Waals surface area contributed by atoms with Crippen molar-refractivity contribution >= 4 is 32.6 Å². The maximum absolute atomic E-state index is 5.23. The summed E-state index contributed by atoms with van der Waals surface area (Å²) in [5, 5.41) is 4.79. The molecule has 0 unspecified atom stereocenters. The fourth-order valence-corrected chi connectivity index (χ4v) is 8.54. The molecule has 0 aliphatic rings. The monoisotopic (exact) mass is 751 g/mol. The summed E-state index contributed by atoms with van der Waals surface area (Å²) in [5.74, 6) is 0.704. The summed E-state index contributed by atoms with van der Waals surface area (Å²) >= 11 is 0. The Kier molecular flexibility index (Phi) is 8.49. The second-order valence-corrected chi connectivity index (χ2v) is 15.0. The third-order valence-corrected chi connectivity index (χ3v) is 11.5. The fourth-order valence-electron chi connectivity index (χ4n) is 8.54. The Morgan fingerprint density at radius 2 is 0.729 bits per heavy atom. The Hall–Kier alpha value is -7.88. The van der Waals surface area contributed by atoms with E-state index in [9.17, 15) is 0 Å². The average molecular weight is 752 g/mol. The average Bonchev–Trinajstić information content (AvgIpc) is 3.65. The van der Waals surface area contributed by atoms with Gasteiger partial charge in [0.15, 0.2) is 5.82 Å². The molecule has 276 valence electrons. The molecule has 2 heterocycles. The number of para-hydroxylation sites is 1. The number of fused-ring (bicyclic) bond motifs is 4. The molecule has 0 radical (unpaired) electrons. The zero-order valence-electron chi connectivity index (χ0n) is 32.2. The number of rotatable bonds is 7. The first-order valence-corrected chi connectivity index (χ1v) is 20.1. The summed E-state index contributed by atoms with van der Waals surface area (Å²) in [7, 11) is 0. The number of hydrogen-bond donors (Lipinski definition) is 0. The third-order valence-electron chi connectivity index (χ3n) is 11.5. The lowest BCUT2D eigenvalue weighted by molar-refractivity contribution is 1.18. The summed E-state index contributed by atoms with van der Waals surface area (Å²) in [4.78, 5) is 10.4. The van der Waals surface area contributed by atoms with Crippen LogP contribution in [-0.2, 0) is 0 Å². The van der Waals surface area contributed by atoms with Crippen molar-refractivity contribution in [1.29, 1.82) is 0 Å². The van der Waals surface area contributed by atoms with Gasteiger partial charge in [0.05, 0.1) is 22.4 Å². The predicted molar refractivity (Wildman–Crippen MR) is 246 cm³/mol. The summed E-state index contributed by atoms with van der Waals surface area (Å²) in [5.41, 5.74) is 15.5. The van der Waals surface area contributed by atoms with Gasteiger partial charge < -0.3 is 4.57 Å². The van der Waals surface area contributed by atoms with Crippen molar-refractivity contribution in [2.45, 2.75) is 0 Å². The highest BCUT2D eigenvalue weighted by Crippen LogP contribution is 2.40. The van der Waals surface area contributed by atoms with Gasteiger partial charge in [0, 0.05) is 33.2 Å². The van der Waals surface area contributed by atoms with E-state index in [4.69, 9.17) is 9.97 Å². The molecule has 2 aromatic heterocycles. The van der Waals surface area contributed by atoms with Gasteiger partial charge in [-0.05, 0) is 80.6 Å². The van der Waals surface area contributed by atoms with Crippen LogP contribution in [0.3, 0.4) is 0 Å². The molecule has 3 heteroatoms. The van der Waals surface area contributed by atoms with E-state index in [0.717, 1.165) is 39.2 Å². The van der Waals surface area contributed by atoms with Gasteiger partial charge in [-0.25, -0.2) is 9.97 Å². The Morgan fingerprint density at radius 3 is 1.39 bits per heavy atom. The van der Waals surface area contributed by atoms with E-state index in [1.165, 1.54) is 60.6 Å². The smallest absolute Gasteiger partial charge is 0.160 e. The molecule has 11 rings (SSSR count). The Labute approximate surface area is 343 Å². The summed E-state index contributed by atoms with van der Waals surface area (Å²) < 4.78 is 2.39. The van der Waals surface area contributed by atoms with E-state index in [0.29, 0.717) is 5.82 Å². The Balaban J connectivity index is 1.02. The molecule has 0 amide bonds. The molecule has 0 bridgehead atoms. The van der Waals surface area contributed by atoms with Crippen LogP contribution < -0.4 is 0 Å². The molecule has 9 aromatic carbocycles. The predicted octanol–water partition coefficient (Wildman–Crippen LogP) is 14.7. The molecule has 0 N–H and O–H groups in total. The van der Waals surface area contributed by atoms with Gasteiger partial charge in [0.25, 0.3) is 0 Å². The quantitative estimate of drug-likeness (QED) is 0.162. The topological polar surface area (TPSA) is 30.7 Å². The minimum Gasteiger partial charge on any atom is -0.309 e. The third kappa shape index (κ3) is 6.26. The standard InChI is InChI=1S/C56H37N3/c1-4-14-38(15-5-1)40-24-26-42(27-25-40)52-37-53(58-56(57-52)43-18-8-3-9-19-43)49-34-33-46(47-20-10-11-21-48(47)49)44-30-35-55-51(36-44)50-22-12-13-23-54(50)59(55)45-31-28-41(29-32-45)39-16-6-2-7-17-39/h1-37H. The molecule has 11 aromatic rings. The first-order chi connectivity index (χ1) is 29.2. The maximum atomic E-state index is 5.23. The largest absolute Gasteiger partial charge is 0.309 e. The molecule has 0 fully saturated rings. The van der Waals surface area contributed by atoms with Gasteiger partial charge in [0.2, 0.25) is 0 Å². The zero-order chi connectivity index (χ0) is 39.1. The Morgan fingerprint density at radius 1 is 0.271 bits per heavy atom. The van der Waals surface area contributed by atoms with Gasteiger partial charge in [-0.15, -0.1) is 0 Å². The van der Waals surface area contributed by atoms with Gasteiger partial charge >= 0.3 is 0 Å². The van der Waals surface area contributed by atoms with Crippen molar-refractivity contribution in [3.05, 3.63) is 224 Å². The molecule has 0 saturated heterocycles. The van der Waals surface area contributed by atoms with Gasteiger partial charge in [-0.3, -0.25) is 0 Å². The highest BCUT2D eigenvalue weighted by atomic mass is 15.0. The van der Waals surface area contributed by atoms with Crippen LogP contribution >= 0.6 is 0 Å². The van der Waals surface area contributed by atoms with Crippen LogP contribution in [0.2, 0.25) is 0 Å². The normalized spacial score (nSPS) is 11.4. The van der Waals surface area contributed by atoms with Crippen molar-refractivity contribution in [3.63, 3.8) is 0 Å². The Bertz CT molecular complexity index is 3280. The van der Waals surface area contributed by atoms with Crippen molar-refractivity contribution < 1.29 is 0 Å². The lowest BCUT2D eigenvalue weighted by Crippen LogP contribution is -1.97. The van der Waals surface area contributed by atoms with E-state index in [1.54, 1.807) is 0 Å². The first kappa shape index (κ1) is 34.4. The van der Waals surface area contributed by atoms with Crippen molar-refractivity contribution in [3.8, 4) is 73.0 Å². The molecule has 0 saturated carbocycles. The van der Waals surface area contributed by atoms with Gasteiger partial charge in [-0.1, -0.05) is 188 Å². The summed E-state index contributed by atoms with van der Waals surface area (Å²) in [6.45, 7) is 0. The van der Waals surface area contributed by atoms with Crippen LogP contribution in [0.25, 0.3) is 106 Å². The van der Waals surface area contributed by atoms with Crippen LogP contribution in [0, 0.1) is 0 Å². The minimum absolute atomic E-state index is 0.704. The SMILES string of the molecule is c1ccc(-c2ccc(-c3cc(-c4ccc(-c5ccc6c(c5)c5ccccc5n6-c5ccc(-c6ccccc6)cc5)c5ccccc45)nc(-c4ccccc4)n3)cc2)cc1. The molecule has 3 nitrogen and oxygen atoms in total. The van der Waals surface area contributed by atoms with Crippen LogP contribution in [0.4, 0.5) is 0 Å². The van der Waals surface area contributed by atoms with Crippen LogP contribution in [0.1, 0.15) is 0 Å². The molecular weight excluding hydrogens is 715 g/mol. The number of benzene rings is 9. The van der Waals surface area contributed by atoms with E-state index in [1.807, 2.05) is 24.3 Å². The molecule has 0 spiro atoms. The summed E-state index contributed by atoms with van der Waals surface area (Å²) in [6, 6.07) is 79.9. The molecule has 0 atom stereocenters. The van der Waals surface area contributed by atoms with E-state index in [2.05, 4.69) is 205 Å². The molecule has 59 heavy (non-hydrogen) atoms.